The van der Waals surface area contributed by atoms with Gasteiger partial charge < -0.3 is 0 Å². The molecule has 0 atom stereocenters. The van der Waals surface area contributed by atoms with E-state index < -0.39 is 4.92 Å². The quantitative estimate of drug-likeness (QED) is 0.400. The van der Waals surface area contributed by atoms with Crippen molar-refractivity contribution >= 4 is 39.7 Å². The van der Waals surface area contributed by atoms with Gasteiger partial charge in [-0.1, -0.05) is 22.9 Å². The highest BCUT2D eigenvalue weighted by atomic mass is 35.5. The number of fused-ring (bicyclic) bond motifs is 1. The summed E-state index contributed by atoms with van der Waals surface area (Å²) < 4.78 is 1.71. The van der Waals surface area contributed by atoms with Gasteiger partial charge in [-0.05, 0) is 48.0 Å². The van der Waals surface area contributed by atoms with Crippen molar-refractivity contribution in [2.75, 3.05) is 0 Å². The molecule has 0 saturated heterocycles. The van der Waals surface area contributed by atoms with E-state index in [1.54, 1.807) is 42.5 Å². The molecule has 0 bridgehead atoms. The van der Waals surface area contributed by atoms with Crippen LogP contribution in [-0.4, -0.2) is 19.5 Å². The minimum Gasteiger partial charge on any atom is -0.266 e. The lowest BCUT2D eigenvalue weighted by atomic mass is 10.2. The lowest BCUT2D eigenvalue weighted by Crippen LogP contribution is -2.23. The van der Waals surface area contributed by atoms with Crippen molar-refractivity contribution in [2.45, 2.75) is 0 Å². The van der Waals surface area contributed by atoms with Crippen LogP contribution >= 0.6 is 22.9 Å². The van der Waals surface area contributed by atoms with Gasteiger partial charge in [-0.3, -0.25) is 14.9 Å². The second kappa shape index (κ2) is 6.32. The van der Waals surface area contributed by atoms with Gasteiger partial charge in [-0.15, -0.1) is 5.10 Å². The Bertz CT molecular complexity index is 1230. The van der Waals surface area contributed by atoms with Gasteiger partial charge in [0, 0.05) is 22.7 Å². The molecule has 9 heteroatoms. The van der Waals surface area contributed by atoms with Crippen LogP contribution < -0.4 is 10.1 Å². The third kappa shape index (κ3) is 2.96. The molecule has 0 fully saturated rings. The zero-order chi connectivity index (χ0) is 18.3. The van der Waals surface area contributed by atoms with Crippen LogP contribution in [0.5, 0.6) is 0 Å². The molecule has 0 unspecified atom stereocenters. The minimum atomic E-state index is -0.468. The highest BCUT2D eigenvalue weighted by Crippen LogP contribution is 2.19. The van der Waals surface area contributed by atoms with Gasteiger partial charge >= 0.3 is 0 Å². The summed E-state index contributed by atoms with van der Waals surface area (Å²) in [4.78, 5) is 27.6. The monoisotopic (exact) mass is 384 g/mol. The number of nitro benzene ring substituents is 1. The largest absolute Gasteiger partial charge is 0.291 e. The van der Waals surface area contributed by atoms with E-state index in [2.05, 4.69) is 10.1 Å². The number of thiazole rings is 1. The lowest BCUT2D eigenvalue weighted by Gasteiger charge is -1.94. The van der Waals surface area contributed by atoms with E-state index >= 15 is 0 Å². The van der Waals surface area contributed by atoms with Gasteiger partial charge in [0.15, 0.2) is 5.82 Å². The van der Waals surface area contributed by atoms with Crippen molar-refractivity contribution in [3.05, 3.63) is 84.1 Å². The third-order valence-corrected chi connectivity index (χ3v) is 4.90. The minimum absolute atomic E-state index is 0.000229. The molecule has 0 spiro atoms. The molecule has 26 heavy (non-hydrogen) atoms. The van der Waals surface area contributed by atoms with Crippen LogP contribution in [0.15, 0.2) is 53.3 Å². The molecule has 0 N–H and O–H groups in total. The molecule has 7 nitrogen and oxygen atoms in total. The summed E-state index contributed by atoms with van der Waals surface area (Å²) in [6.45, 7) is 0. The fourth-order valence-electron chi connectivity index (χ4n) is 2.40. The van der Waals surface area contributed by atoms with Crippen LogP contribution in [0.25, 0.3) is 22.4 Å². The van der Waals surface area contributed by atoms with Crippen molar-refractivity contribution in [3.8, 4) is 11.4 Å². The van der Waals surface area contributed by atoms with Crippen molar-refractivity contribution < 1.29 is 4.92 Å². The lowest BCUT2D eigenvalue weighted by molar-refractivity contribution is -0.384. The number of halogens is 1. The Morgan fingerprint density at radius 1 is 1.12 bits per heavy atom. The molecule has 128 valence electrons. The Morgan fingerprint density at radius 2 is 1.81 bits per heavy atom. The normalized spacial score (nSPS) is 12.0. The van der Waals surface area contributed by atoms with Crippen molar-refractivity contribution in [3.63, 3.8) is 0 Å². The van der Waals surface area contributed by atoms with Crippen LogP contribution in [0.2, 0.25) is 5.02 Å². The summed E-state index contributed by atoms with van der Waals surface area (Å²) in [5.41, 5.74) is 1.18. The predicted octanol–water partition coefficient (Wildman–Crippen LogP) is 2.93. The van der Waals surface area contributed by atoms with Gasteiger partial charge in [0.05, 0.1) is 9.46 Å². The summed E-state index contributed by atoms with van der Waals surface area (Å²) in [6.07, 6.45) is 1.66. The van der Waals surface area contributed by atoms with Crippen LogP contribution in [0, 0.1) is 10.1 Å². The third-order valence-electron chi connectivity index (χ3n) is 3.69. The van der Waals surface area contributed by atoms with Gasteiger partial charge in [0.1, 0.15) is 0 Å². The van der Waals surface area contributed by atoms with E-state index in [1.807, 2.05) is 0 Å². The van der Waals surface area contributed by atoms with E-state index in [0.717, 1.165) is 5.56 Å². The molecule has 0 aliphatic rings. The highest BCUT2D eigenvalue weighted by molar-refractivity contribution is 7.15. The van der Waals surface area contributed by atoms with E-state index in [-0.39, 0.29) is 11.2 Å². The van der Waals surface area contributed by atoms with Gasteiger partial charge in [0.25, 0.3) is 11.2 Å². The number of hydrogen-bond acceptors (Lipinski definition) is 6. The zero-order valence-electron chi connectivity index (χ0n) is 13.0. The molecule has 2 heterocycles. The first-order chi connectivity index (χ1) is 12.5. The first-order valence-electron chi connectivity index (χ1n) is 7.43. The van der Waals surface area contributed by atoms with Crippen LogP contribution in [-0.2, 0) is 0 Å². The summed E-state index contributed by atoms with van der Waals surface area (Å²) in [6, 6.07) is 13.0. The first kappa shape index (κ1) is 16.4. The number of non-ortho nitro benzene ring substituents is 1. The van der Waals surface area contributed by atoms with E-state index in [0.29, 0.717) is 25.9 Å². The Kier molecular flexibility index (Phi) is 3.98. The van der Waals surface area contributed by atoms with Gasteiger partial charge in [0.2, 0.25) is 4.96 Å². The average Bonchev–Trinajstić information content (AvgIpc) is 3.16. The molecule has 0 aliphatic carbocycles. The summed E-state index contributed by atoms with van der Waals surface area (Å²) in [5.74, 6) is 0.451. The Balaban J connectivity index is 1.74. The molecule has 2 aromatic carbocycles. The molecule has 0 amide bonds. The average molecular weight is 385 g/mol. The number of rotatable bonds is 3. The van der Waals surface area contributed by atoms with E-state index in [4.69, 9.17) is 11.6 Å². The first-order valence-corrected chi connectivity index (χ1v) is 8.62. The fraction of sp³-hybridized carbons (Fsp3) is 0. The Morgan fingerprint density at radius 3 is 2.42 bits per heavy atom. The molecular formula is C17H9ClN4O3S. The summed E-state index contributed by atoms with van der Waals surface area (Å²) >= 11 is 7.08. The number of nitro groups is 1. The van der Waals surface area contributed by atoms with Gasteiger partial charge in [-0.25, -0.2) is 0 Å². The molecule has 4 rings (SSSR count). The maximum atomic E-state index is 12.5. The van der Waals surface area contributed by atoms with Crippen molar-refractivity contribution in [2.24, 2.45) is 0 Å². The van der Waals surface area contributed by atoms with Crippen molar-refractivity contribution in [1.82, 2.24) is 14.6 Å². The molecular weight excluding hydrogens is 376 g/mol. The second-order valence-electron chi connectivity index (χ2n) is 5.40. The smallest absolute Gasteiger partial charge is 0.266 e. The molecule has 0 radical (unpaired) electrons. The van der Waals surface area contributed by atoms with Crippen molar-refractivity contribution in [1.29, 1.82) is 0 Å². The predicted molar refractivity (Wildman–Crippen MR) is 99.5 cm³/mol. The maximum absolute atomic E-state index is 12.5. The SMILES string of the molecule is O=c1c(=Cc2ccc([N+](=O)[O-])cc2)sc2nc(-c3ccc(Cl)cc3)nn12. The van der Waals surface area contributed by atoms with Crippen LogP contribution in [0.3, 0.4) is 0 Å². The maximum Gasteiger partial charge on any atom is 0.291 e. The molecule has 2 aromatic heterocycles. The number of hydrogen-bond donors (Lipinski definition) is 0. The van der Waals surface area contributed by atoms with Gasteiger partial charge in [-0.2, -0.15) is 9.50 Å². The molecule has 4 aromatic rings. The van der Waals surface area contributed by atoms with Crippen LogP contribution in [0.4, 0.5) is 5.69 Å². The fourth-order valence-corrected chi connectivity index (χ4v) is 3.43. The van der Waals surface area contributed by atoms with E-state index in [1.165, 1.54) is 28.0 Å². The number of benzene rings is 2. The summed E-state index contributed by atoms with van der Waals surface area (Å²) in [5, 5.41) is 15.6. The van der Waals surface area contributed by atoms with E-state index in [9.17, 15) is 14.9 Å². The highest BCUT2D eigenvalue weighted by Gasteiger charge is 2.12. The number of nitrogens with zero attached hydrogens (tertiary/aromatic N) is 4. The molecule has 0 saturated carbocycles. The standard InChI is InChI=1S/C17H9ClN4O3S/c18-12-5-3-11(4-6-12)15-19-17-21(20-15)16(23)14(26-17)9-10-1-7-13(8-2-10)22(24)25/h1-9H. The Hall–Kier alpha value is -3.10. The topological polar surface area (TPSA) is 90.4 Å². The summed E-state index contributed by atoms with van der Waals surface area (Å²) in [7, 11) is 0. The Labute approximate surface area is 155 Å². The molecule has 0 aliphatic heterocycles. The van der Waals surface area contributed by atoms with Crippen LogP contribution in [0.1, 0.15) is 5.56 Å². The number of aromatic nitrogens is 3. The zero-order valence-corrected chi connectivity index (χ0v) is 14.6. The second-order valence-corrected chi connectivity index (χ2v) is 6.85.